The van der Waals surface area contributed by atoms with Crippen LogP contribution in [0.1, 0.15) is 15.9 Å². The number of primary amides is 1. The van der Waals surface area contributed by atoms with Crippen molar-refractivity contribution >= 4 is 11.7 Å². The van der Waals surface area contributed by atoms with Gasteiger partial charge in [0, 0.05) is 6.42 Å². The maximum Gasteiger partial charge on any atom is 0.252 e. The minimum atomic E-state index is -0.614. The Hall–Kier alpha value is -2.69. The lowest BCUT2D eigenvalue weighted by atomic mass is 10.1. The van der Waals surface area contributed by atoms with Crippen molar-refractivity contribution in [2.75, 3.05) is 6.61 Å². The maximum atomic E-state index is 12.8. The van der Waals surface area contributed by atoms with Crippen LogP contribution in [0, 0.1) is 5.82 Å². The highest BCUT2D eigenvalue weighted by atomic mass is 19.1. The number of halogens is 1. The number of benzene rings is 2. The molecule has 0 aliphatic heterocycles. The average molecular weight is 287 g/mol. The van der Waals surface area contributed by atoms with E-state index < -0.39 is 5.91 Å². The van der Waals surface area contributed by atoms with E-state index in [4.69, 9.17) is 10.5 Å². The second-order valence-electron chi connectivity index (χ2n) is 4.49. The van der Waals surface area contributed by atoms with Crippen LogP contribution in [0.5, 0.6) is 5.75 Å². The molecule has 0 saturated carbocycles. The predicted octanol–water partition coefficient (Wildman–Crippen LogP) is 2.12. The molecule has 0 radical (unpaired) electrons. The van der Waals surface area contributed by atoms with E-state index in [1.807, 2.05) is 0 Å². The number of nitrogens with two attached hydrogens (primary N) is 1. The van der Waals surface area contributed by atoms with Gasteiger partial charge in [-0.05, 0) is 29.8 Å². The molecule has 1 amide bonds. The van der Waals surface area contributed by atoms with Crippen molar-refractivity contribution in [3.05, 3.63) is 65.5 Å². The molecule has 21 heavy (non-hydrogen) atoms. The normalized spacial score (nSPS) is 10.1. The molecule has 0 aliphatic carbocycles. The Kier molecular flexibility index (Phi) is 4.66. The second-order valence-corrected chi connectivity index (χ2v) is 4.49. The number of amides is 1. The Morgan fingerprint density at radius 3 is 2.38 bits per heavy atom. The molecular formula is C16H14FNO3. The number of Topliss-reactive ketones (excluding diaryl/α,β-unsaturated/α-hetero) is 1. The molecule has 4 nitrogen and oxygen atoms in total. The first kappa shape index (κ1) is 14.7. The van der Waals surface area contributed by atoms with Crippen LogP contribution < -0.4 is 10.5 Å². The van der Waals surface area contributed by atoms with E-state index in [0.717, 1.165) is 0 Å². The van der Waals surface area contributed by atoms with Crippen LogP contribution in [0.25, 0.3) is 0 Å². The molecule has 0 spiro atoms. The van der Waals surface area contributed by atoms with Crippen LogP contribution in [0.3, 0.4) is 0 Å². The molecule has 0 heterocycles. The first-order chi connectivity index (χ1) is 10.1. The smallest absolute Gasteiger partial charge is 0.252 e. The Balaban J connectivity index is 1.95. The molecule has 0 bridgehead atoms. The van der Waals surface area contributed by atoms with Crippen molar-refractivity contribution in [2.24, 2.45) is 5.73 Å². The summed E-state index contributed by atoms with van der Waals surface area (Å²) in [6.45, 7) is -0.179. The lowest BCUT2D eigenvalue weighted by Crippen LogP contribution is -2.17. The topological polar surface area (TPSA) is 69.4 Å². The van der Waals surface area contributed by atoms with Crippen molar-refractivity contribution in [3.8, 4) is 5.75 Å². The van der Waals surface area contributed by atoms with E-state index >= 15 is 0 Å². The molecule has 2 rings (SSSR count). The van der Waals surface area contributed by atoms with Gasteiger partial charge in [-0.3, -0.25) is 9.59 Å². The van der Waals surface area contributed by atoms with Crippen LogP contribution in [0.2, 0.25) is 0 Å². The molecule has 108 valence electrons. The summed E-state index contributed by atoms with van der Waals surface area (Å²) in [5.41, 5.74) is 6.15. The van der Waals surface area contributed by atoms with Gasteiger partial charge in [0.05, 0.1) is 5.56 Å². The minimum Gasteiger partial charge on any atom is -0.485 e. The molecule has 5 heteroatoms. The van der Waals surface area contributed by atoms with Gasteiger partial charge in [-0.15, -0.1) is 0 Å². The minimum absolute atomic E-state index is 0.138. The highest BCUT2D eigenvalue weighted by Gasteiger charge is 2.10. The standard InChI is InChI=1S/C16H14FNO3/c17-12-7-5-11(6-8-12)9-13(19)10-21-15-4-2-1-3-14(15)16(18)20/h1-8H,9-10H2,(H2,18,20). The molecular weight excluding hydrogens is 273 g/mol. The lowest BCUT2D eigenvalue weighted by molar-refractivity contribution is -0.120. The molecule has 2 aromatic carbocycles. The van der Waals surface area contributed by atoms with Crippen molar-refractivity contribution in [2.45, 2.75) is 6.42 Å². The zero-order valence-corrected chi connectivity index (χ0v) is 11.2. The third kappa shape index (κ3) is 4.14. The molecule has 0 saturated heterocycles. The van der Waals surface area contributed by atoms with Gasteiger partial charge in [-0.1, -0.05) is 24.3 Å². The summed E-state index contributed by atoms with van der Waals surface area (Å²) in [4.78, 5) is 23.0. The van der Waals surface area contributed by atoms with Crippen LogP contribution in [-0.2, 0) is 11.2 Å². The van der Waals surface area contributed by atoms with E-state index in [1.54, 1.807) is 30.3 Å². The van der Waals surface area contributed by atoms with Crippen molar-refractivity contribution in [1.82, 2.24) is 0 Å². The number of hydrogen-bond acceptors (Lipinski definition) is 3. The predicted molar refractivity (Wildman–Crippen MR) is 75.6 cm³/mol. The van der Waals surface area contributed by atoms with Crippen LogP contribution >= 0.6 is 0 Å². The summed E-state index contributed by atoms with van der Waals surface area (Å²) >= 11 is 0. The van der Waals surface area contributed by atoms with E-state index in [2.05, 4.69) is 0 Å². The van der Waals surface area contributed by atoms with E-state index in [-0.39, 0.29) is 35.9 Å². The third-order valence-electron chi connectivity index (χ3n) is 2.86. The second kappa shape index (κ2) is 6.65. The van der Waals surface area contributed by atoms with E-state index in [9.17, 15) is 14.0 Å². The third-order valence-corrected chi connectivity index (χ3v) is 2.86. The molecule has 0 atom stereocenters. The number of para-hydroxylation sites is 1. The Labute approximate surface area is 121 Å². The molecule has 0 unspecified atom stereocenters. The first-order valence-corrected chi connectivity index (χ1v) is 6.34. The van der Waals surface area contributed by atoms with Gasteiger partial charge < -0.3 is 10.5 Å². The highest BCUT2D eigenvalue weighted by molar-refractivity contribution is 5.95. The number of rotatable bonds is 6. The number of carbonyl (C=O) groups excluding carboxylic acids is 2. The zero-order valence-electron chi connectivity index (χ0n) is 11.2. The molecule has 0 aliphatic rings. The Bertz CT molecular complexity index is 653. The van der Waals surface area contributed by atoms with Gasteiger partial charge in [-0.25, -0.2) is 4.39 Å². The zero-order chi connectivity index (χ0) is 15.2. The average Bonchev–Trinajstić information content (AvgIpc) is 2.48. The Morgan fingerprint density at radius 2 is 1.71 bits per heavy atom. The van der Waals surface area contributed by atoms with Gasteiger partial charge in [-0.2, -0.15) is 0 Å². The van der Waals surface area contributed by atoms with Gasteiger partial charge in [0.15, 0.2) is 5.78 Å². The number of hydrogen-bond donors (Lipinski definition) is 1. The summed E-state index contributed by atoms with van der Waals surface area (Å²) in [5, 5.41) is 0. The fourth-order valence-electron chi connectivity index (χ4n) is 1.84. The van der Waals surface area contributed by atoms with Gasteiger partial charge in [0.1, 0.15) is 18.2 Å². The van der Waals surface area contributed by atoms with Crippen molar-refractivity contribution < 1.29 is 18.7 Å². The lowest BCUT2D eigenvalue weighted by Gasteiger charge is -2.08. The molecule has 0 aromatic heterocycles. The number of carbonyl (C=O) groups is 2. The number of ketones is 1. The highest BCUT2D eigenvalue weighted by Crippen LogP contribution is 2.17. The maximum absolute atomic E-state index is 12.8. The first-order valence-electron chi connectivity index (χ1n) is 6.34. The van der Waals surface area contributed by atoms with Crippen LogP contribution in [-0.4, -0.2) is 18.3 Å². The Morgan fingerprint density at radius 1 is 1.05 bits per heavy atom. The number of ether oxygens (including phenoxy) is 1. The molecule has 2 N–H and O–H groups in total. The molecule has 2 aromatic rings. The summed E-state index contributed by atoms with van der Waals surface area (Å²) < 4.78 is 18.1. The van der Waals surface area contributed by atoms with Gasteiger partial charge in [0.2, 0.25) is 0 Å². The fourth-order valence-corrected chi connectivity index (χ4v) is 1.84. The summed E-state index contributed by atoms with van der Waals surface area (Å²) in [6.07, 6.45) is 0.138. The van der Waals surface area contributed by atoms with E-state index in [0.29, 0.717) is 5.56 Å². The van der Waals surface area contributed by atoms with Crippen LogP contribution in [0.15, 0.2) is 48.5 Å². The van der Waals surface area contributed by atoms with Crippen molar-refractivity contribution in [1.29, 1.82) is 0 Å². The largest absolute Gasteiger partial charge is 0.485 e. The SMILES string of the molecule is NC(=O)c1ccccc1OCC(=O)Cc1ccc(F)cc1. The summed E-state index contributed by atoms with van der Waals surface area (Å²) in [7, 11) is 0. The monoisotopic (exact) mass is 287 g/mol. The molecule has 0 fully saturated rings. The summed E-state index contributed by atoms with van der Waals surface area (Å²) in [5.74, 6) is -0.868. The fraction of sp³-hybridized carbons (Fsp3) is 0.125. The van der Waals surface area contributed by atoms with Crippen LogP contribution in [0.4, 0.5) is 4.39 Å². The summed E-state index contributed by atoms with van der Waals surface area (Å²) in [6, 6.07) is 12.1. The van der Waals surface area contributed by atoms with Crippen molar-refractivity contribution in [3.63, 3.8) is 0 Å². The van der Waals surface area contributed by atoms with Gasteiger partial charge in [0.25, 0.3) is 5.91 Å². The quantitative estimate of drug-likeness (QED) is 0.884. The van der Waals surface area contributed by atoms with E-state index in [1.165, 1.54) is 18.2 Å². The van der Waals surface area contributed by atoms with Gasteiger partial charge >= 0.3 is 0 Å².